The average molecular weight is 1750 g/mol. The van der Waals surface area contributed by atoms with Crippen LogP contribution >= 0.6 is 0 Å². The molecule has 40 heteroatoms. The molecule has 2 aliphatic rings. The summed E-state index contributed by atoms with van der Waals surface area (Å²) in [5.41, 5.74) is 24.9. The Labute approximate surface area is 727 Å². The highest BCUT2D eigenvalue weighted by Gasteiger charge is 2.44. The number of aromatic nitrogens is 1. The van der Waals surface area contributed by atoms with E-state index < -0.39 is 196 Å². The topological polar surface area (TPSA) is 675 Å². The van der Waals surface area contributed by atoms with Gasteiger partial charge in [-0.2, -0.15) is 0 Å². The van der Waals surface area contributed by atoms with Crippen LogP contribution in [0.25, 0.3) is 10.9 Å². The second-order valence-corrected chi connectivity index (χ2v) is 32.8. The van der Waals surface area contributed by atoms with Crippen molar-refractivity contribution in [2.45, 2.75) is 336 Å². The summed E-state index contributed by atoms with van der Waals surface area (Å²) in [7, 11) is 0. The van der Waals surface area contributed by atoms with E-state index in [0.29, 0.717) is 49.7 Å². The number of amides is 9. The number of para-hydroxylation sites is 1. The number of aliphatic hydroxyl groups is 9. The first-order valence-corrected chi connectivity index (χ1v) is 44.3. The maximum absolute atomic E-state index is 15.4. The van der Waals surface area contributed by atoms with Crippen LogP contribution < -0.4 is 97.4 Å². The Morgan fingerprint density at radius 3 is 1.89 bits per heavy atom. The number of unbranched alkanes of at least 4 members (excludes halogenated alkanes) is 14. The van der Waals surface area contributed by atoms with Crippen LogP contribution in [0.2, 0.25) is 0 Å². The van der Waals surface area contributed by atoms with Crippen molar-refractivity contribution in [3.63, 3.8) is 0 Å². The minimum Gasteiger partial charge on any atom is -0.394 e. The van der Waals surface area contributed by atoms with Crippen LogP contribution in [0.4, 0.5) is 0 Å². The first-order chi connectivity index (χ1) is 59.3. The van der Waals surface area contributed by atoms with E-state index >= 15 is 19.2 Å². The lowest BCUT2D eigenvalue weighted by molar-refractivity contribution is -0.143. The van der Waals surface area contributed by atoms with Gasteiger partial charge in [0.2, 0.25) is 53.2 Å². The number of nitrogens with two attached hydrogens (primary N) is 4. The van der Waals surface area contributed by atoms with Gasteiger partial charge < -0.3 is 127 Å². The Kier molecular flexibility index (Phi) is 49.8. The van der Waals surface area contributed by atoms with Gasteiger partial charge in [-0.25, -0.2) is 0 Å². The molecule has 2 saturated heterocycles. The van der Waals surface area contributed by atoms with Crippen molar-refractivity contribution in [1.82, 2.24) is 84.3 Å². The molecule has 0 aliphatic carbocycles. The number of aromatic amines is 1. The number of hydrogen-bond donors (Lipinski definition) is 30. The molecule has 5 rings (SSSR count). The predicted molar refractivity (Wildman–Crippen MR) is 467 cm³/mol. The Morgan fingerprint density at radius 1 is 0.629 bits per heavy atom. The molecule has 3 aromatic rings. The molecular weight excluding hydrogens is 1610 g/mol. The number of aliphatic hydroxyl groups excluding tert-OH is 9. The summed E-state index contributed by atoms with van der Waals surface area (Å²) in [4.78, 5) is 133. The number of fused-ring (bicyclic) bond motifs is 2. The Hall–Kier alpha value is -8.85. The second kappa shape index (κ2) is 58.4. The maximum atomic E-state index is 15.4. The molecule has 2 aromatic carbocycles. The number of primary amides is 1. The average Bonchev–Trinajstić information content (AvgIpc) is 1.71. The fraction of sp³-hybridized carbons (Fsp3) is 0.702. The van der Waals surface area contributed by atoms with E-state index in [0.717, 1.165) is 41.5 Å². The van der Waals surface area contributed by atoms with Crippen LogP contribution in [-0.2, 0) is 56.0 Å². The summed E-state index contributed by atoms with van der Waals surface area (Å²) in [5, 5.41) is 158. The van der Waals surface area contributed by atoms with Crippen LogP contribution in [0.5, 0.6) is 0 Å². The van der Waals surface area contributed by atoms with Crippen molar-refractivity contribution in [3.05, 3.63) is 71.9 Å². The van der Waals surface area contributed by atoms with E-state index in [1.54, 1.807) is 36.5 Å². The molecular formula is C84H146N22O18. The third-order valence-corrected chi connectivity index (χ3v) is 22.4. The Bertz CT molecular complexity index is 3690. The molecule has 0 bridgehead atoms. The van der Waals surface area contributed by atoms with Gasteiger partial charge in [-0.15, -0.1) is 0 Å². The van der Waals surface area contributed by atoms with Gasteiger partial charge in [-0.1, -0.05) is 152 Å². The van der Waals surface area contributed by atoms with Crippen LogP contribution in [0, 0.1) is 10.8 Å². The van der Waals surface area contributed by atoms with E-state index in [4.69, 9.17) is 33.8 Å². The van der Waals surface area contributed by atoms with Crippen LogP contribution in [0.15, 0.2) is 60.8 Å². The molecule has 2 aliphatic heterocycles. The zero-order chi connectivity index (χ0) is 91.0. The number of guanidine groups is 2. The first-order valence-electron chi connectivity index (χ1n) is 44.3. The molecule has 40 nitrogen and oxygen atoms in total. The molecule has 2 fully saturated rings. The number of nitrogens with zero attached hydrogens (tertiary/aromatic N) is 1. The molecule has 1 aromatic heterocycles. The molecule has 0 spiro atoms. The van der Waals surface area contributed by atoms with Crippen molar-refractivity contribution in [2.75, 3.05) is 39.3 Å². The number of H-pyrrole nitrogens is 1. The second-order valence-electron chi connectivity index (χ2n) is 32.8. The van der Waals surface area contributed by atoms with Crippen molar-refractivity contribution in [2.24, 2.45) is 22.9 Å². The third kappa shape index (κ3) is 39.8. The highest BCUT2D eigenvalue weighted by Crippen LogP contribution is 2.25. The number of rotatable bonds is 52. The molecule has 700 valence electrons. The Balaban J connectivity index is 1.38. The zero-order valence-corrected chi connectivity index (χ0v) is 72.4. The minimum absolute atomic E-state index is 0.00931. The third-order valence-electron chi connectivity index (χ3n) is 22.4. The smallest absolute Gasteiger partial charge is 0.245 e. The van der Waals surface area contributed by atoms with E-state index in [2.05, 4.69) is 86.3 Å². The van der Waals surface area contributed by atoms with Crippen molar-refractivity contribution in [1.29, 1.82) is 10.8 Å². The van der Waals surface area contributed by atoms with Gasteiger partial charge in [0.05, 0.1) is 55.9 Å². The van der Waals surface area contributed by atoms with Gasteiger partial charge in [-0.05, 0) is 101 Å². The van der Waals surface area contributed by atoms with E-state index in [9.17, 15) is 69.9 Å². The maximum Gasteiger partial charge on any atom is 0.245 e. The van der Waals surface area contributed by atoms with Gasteiger partial charge in [-0.3, -0.25) is 80.6 Å². The van der Waals surface area contributed by atoms with Gasteiger partial charge in [0.15, 0.2) is 11.9 Å². The van der Waals surface area contributed by atoms with Gasteiger partial charge in [0.25, 0.3) is 0 Å². The van der Waals surface area contributed by atoms with E-state index in [1.807, 2.05) is 31.2 Å². The van der Waals surface area contributed by atoms with Gasteiger partial charge in [0.1, 0.15) is 67.6 Å². The molecule has 0 radical (unpaired) electrons. The molecule has 9 amide bonds. The van der Waals surface area contributed by atoms with E-state index in [-0.39, 0.29) is 108 Å². The molecule has 124 heavy (non-hydrogen) atoms. The van der Waals surface area contributed by atoms with Gasteiger partial charge in [0, 0.05) is 81.0 Å². The lowest BCUT2D eigenvalue weighted by Crippen LogP contribution is -2.65. The fourth-order valence-corrected chi connectivity index (χ4v) is 15.3. The highest BCUT2D eigenvalue weighted by atomic mass is 16.3. The quantitative estimate of drug-likeness (QED) is 0.0116. The minimum atomic E-state index is -1.96. The molecule has 34 N–H and O–H groups in total. The van der Waals surface area contributed by atoms with Gasteiger partial charge >= 0.3 is 0 Å². The van der Waals surface area contributed by atoms with Crippen molar-refractivity contribution < 1.29 is 89.1 Å². The number of carbonyl (C=O) groups is 9. The molecule has 1 unspecified atom stereocenters. The number of benzene rings is 2. The Morgan fingerprint density at radius 2 is 1.25 bits per heavy atom. The summed E-state index contributed by atoms with van der Waals surface area (Å²) in [6, 6.07) is 0.174. The SMILES string of the molecule is CCCCCCCCCCCCCCCC(=O)NC[C@@H](O)N[C@@H](CO)C(=O)N[C@@H](CC(N)=O)[C@H](O)N[C@@H](CCCCNC(=N)N)[C@H](O)N[C@@H](C(C)O)[C@H](O)N[C@@H](CCCC)C(=O)N[C@H]1CCC(=O)NCCCC[C@@H]([C@@H](N)O)N[C@@H](O)[C@H](Cc2c[nH]c3ccccc23)NC(=O)[C@H](CCCNC(=N)N)NC(=O)[C@@H](Cc2ccccc2)NC(=O)[C@@H]2C[C@@H](O)CN2C1=O. The summed E-state index contributed by atoms with van der Waals surface area (Å²) < 4.78 is 0. The predicted octanol–water partition coefficient (Wildman–Crippen LogP) is -2.97. The van der Waals surface area contributed by atoms with E-state index in [1.165, 1.54) is 58.3 Å². The zero-order valence-electron chi connectivity index (χ0n) is 72.4. The number of nitrogens with one attached hydrogen (secondary N) is 17. The monoisotopic (exact) mass is 1750 g/mol. The van der Waals surface area contributed by atoms with Crippen LogP contribution in [0.3, 0.4) is 0 Å². The standard InChI is InChI=1S/C84H146N22O18/c1-4-6-8-9-10-11-12-13-14-15-16-17-21-37-68(111)95-48-70(113)96-65(50-107)79(121)103-64(46-67(85)110)78(120)98-59(35-25-27-41-92-83(87)88)75(117)105-71(51(3)108)81(123)100-58(32-7-5-2)73(115)101-61-38-39-69(112)91-40-26-24-34-57(72(86)114)97-77(119)63(44-53-47-94-56-33-23-22-31-55(53)56)102-74(116)60(36-28-42-93-84(89)90)99-76(118)62(43-52-29-19-18-20-30-52)104-80(122)66-45-54(109)49-106(66)82(61)124/h18-20,22-23,29-31,33,47,51,54,57-66,70-72,75,77-78,81,94,96-98,100,105,107-109,113-114,117,119-120,123H,4-17,21,24-28,32,34-46,48-50,86H2,1-3H3,(H2,85,110)(H,91,112)(H,95,111)(H,99,118)(H,101,115)(H,102,116)(H,103,121)(H,104,122)(H4,87,88,92)(H4,89,90,93)/t51?,54-,57+,58+,59+,60+,61+,62-,63+,64+,65+,66+,70-,71+,72+,75+,77+,78+,81+/m1/s1. The molecule has 3 heterocycles. The summed E-state index contributed by atoms with van der Waals surface area (Å²) in [6.45, 7) is 3.87. The van der Waals surface area contributed by atoms with Crippen molar-refractivity contribution >= 4 is 76.0 Å². The van der Waals surface area contributed by atoms with Crippen LogP contribution in [0.1, 0.15) is 218 Å². The number of hydrogen-bond acceptors (Lipinski definition) is 26. The molecule has 0 saturated carbocycles. The lowest BCUT2D eigenvalue weighted by atomic mass is 10.0. The first kappa shape index (κ1) is 106. The number of carbonyl (C=O) groups excluding carboxylic acids is 9. The molecule has 19 atom stereocenters. The normalized spacial score (nSPS) is 22.0. The lowest BCUT2D eigenvalue weighted by Gasteiger charge is -2.36. The summed E-state index contributed by atoms with van der Waals surface area (Å²) in [6.07, 6.45) is 3.24. The summed E-state index contributed by atoms with van der Waals surface area (Å²) >= 11 is 0. The fourth-order valence-electron chi connectivity index (χ4n) is 15.3. The summed E-state index contributed by atoms with van der Waals surface area (Å²) in [5.74, 6) is -8.08. The largest absolute Gasteiger partial charge is 0.394 e. The van der Waals surface area contributed by atoms with Crippen LogP contribution in [-0.4, -0.2) is 276 Å². The highest BCUT2D eigenvalue weighted by molar-refractivity contribution is 5.97. The van der Waals surface area contributed by atoms with Crippen molar-refractivity contribution in [3.8, 4) is 0 Å².